The molecule has 0 aliphatic heterocycles. The van der Waals surface area contributed by atoms with E-state index in [9.17, 15) is 8.42 Å². The molecule has 0 fully saturated rings. The summed E-state index contributed by atoms with van der Waals surface area (Å²) in [6.07, 6.45) is -0.0604. The van der Waals surface area contributed by atoms with Crippen LogP contribution in [0.4, 0.5) is 0 Å². The van der Waals surface area contributed by atoms with Gasteiger partial charge in [0.15, 0.2) is 0 Å². The summed E-state index contributed by atoms with van der Waals surface area (Å²) in [7, 11) is -3.62. The molecule has 0 saturated carbocycles. The van der Waals surface area contributed by atoms with Crippen molar-refractivity contribution in [2.45, 2.75) is 6.42 Å². The van der Waals surface area contributed by atoms with E-state index in [1.54, 1.807) is 36.4 Å². The molecule has 0 radical (unpaired) electrons. The molecule has 0 saturated heterocycles. The lowest BCUT2D eigenvalue weighted by atomic mass is 10.3. The fourth-order valence-electron chi connectivity index (χ4n) is 0.835. The average Bonchev–Trinajstić information content (AvgIpc) is 2.16. The summed E-state index contributed by atoms with van der Waals surface area (Å²) >= 11 is 0. The summed E-state index contributed by atoms with van der Waals surface area (Å²) in [5.74, 6) is -0.0104. The Balaban J connectivity index is 2.66. The van der Waals surface area contributed by atoms with Gasteiger partial charge in [-0.25, -0.2) is 0 Å². The summed E-state index contributed by atoms with van der Waals surface area (Å²) in [4.78, 5) is 0. The highest BCUT2D eigenvalue weighted by Crippen LogP contribution is 2.11. The van der Waals surface area contributed by atoms with Crippen LogP contribution in [0.15, 0.2) is 30.3 Å². The first-order chi connectivity index (χ1) is 6.64. The lowest BCUT2D eigenvalue weighted by molar-refractivity contribution is 0.486. The van der Waals surface area contributed by atoms with Crippen molar-refractivity contribution in [1.29, 1.82) is 5.26 Å². The summed E-state index contributed by atoms with van der Waals surface area (Å²) in [6.45, 7) is 0. The molecule has 0 aromatic heterocycles. The highest BCUT2D eigenvalue weighted by atomic mass is 32.2. The van der Waals surface area contributed by atoms with Crippen molar-refractivity contribution < 1.29 is 12.6 Å². The minimum Gasteiger partial charge on any atom is -0.382 e. The Morgan fingerprint density at radius 2 is 1.93 bits per heavy atom. The van der Waals surface area contributed by atoms with Gasteiger partial charge >= 0.3 is 10.1 Å². The second-order valence-electron chi connectivity index (χ2n) is 2.57. The zero-order valence-corrected chi connectivity index (χ0v) is 8.20. The van der Waals surface area contributed by atoms with Gasteiger partial charge in [-0.3, -0.25) is 0 Å². The maximum Gasteiger partial charge on any atom is 0.310 e. The van der Waals surface area contributed by atoms with Gasteiger partial charge in [-0.2, -0.15) is 13.7 Å². The molecular weight excluding hydrogens is 202 g/mol. The molecular formula is C9H9NO3S. The van der Waals surface area contributed by atoms with Crippen molar-refractivity contribution in [1.82, 2.24) is 0 Å². The molecule has 0 spiro atoms. The Morgan fingerprint density at radius 3 is 2.50 bits per heavy atom. The van der Waals surface area contributed by atoms with Crippen LogP contribution in [0.25, 0.3) is 0 Å². The standard InChI is InChI=1S/C9H9NO3S/c10-7-4-8-14(11,12)13-9-5-2-1-3-6-9/h1-3,5-6H,4,8H2. The van der Waals surface area contributed by atoms with Crippen molar-refractivity contribution in [3.05, 3.63) is 30.3 Å². The molecule has 1 rings (SSSR count). The molecule has 1 aromatic rings. The quantitative estimate of drug-likeness (QED) is 0.704. The van der Waals surface area contributed by atoms with Crippen LogP contribution < -0.4 is 4.18 Å². The van der Waals surface area contributed by atoms with E-state index in [1.807, 2.05) is 0 Å². The number of benzene rings is 1. The van der Waals surface area contributed by atoms with Crippen LogP contribution in [0.3, 0.4) is 0 Å². The van der Waals surface area contributed by atoms with Gasteiger partial charge in [0, 0.05) is 0 Å². The summed E-state index contributed by atoms with van der Waals surface area (Å²) in [5.41, 5.74) is 0. The zero-order chi connectivity index (χ0) is 10.4. The second-order valence-corrected chi connectivity index (χ2v) is 4.26. The summed E-state index contributed by atoms with van der Waals surface area (Å²) in [6, 6.07) is 9.95. The molecule has 1 aromatic carbocycles. The van der Waals surface area contributed by atoms with Crippen LogP contribution in [0.2, 0.25) is 0 Å². The predicted molar refractivity (Wildman–Crippen MR) is 51.1 cm³/mol. The van der Waals surface area contributed by atoms with Crippen LogP contribution in [0.5, 0.6) is 5.75 Å². The first-order valence-corrected chi connectivity index (χ1v) is 5.56. The van der Waals surface area contributed by atoms with Gasteiger partial charge in [0.1, 0.15) is 5.75 Å². The molecule has 74 valence electrons. The van der Waals surface area contributed by atoms with Crippen LogP contribution in [-0.2, 0) is 10.1 Å². The topological polar surface area (TPSA) is 67.2 Å². The SMILES string of the molecule is N#CCCS(=O)(=O)Oc1ccccc1. The fourth-order valence-corrected chi connectivity index (χ4v) is 1.66. The number of nitriles is 1. The fraction of sp³-hybridized carbons (Fsp3) is 0.222. The van der Waals surface area contributed by atoms with E-state index in [1.165, 1.54) is 0 Å². The summed E-state index contributed by atoms with van der Waals surface area (Å²) in [5, 5.41) is 8.23. The minimum absolute atomic E-state index is 0.0604. The van der Waals surface area contributed by atoms with Crippen molar-refractivity contribution in [2.24, 2.45) is 0 Å². The van der Waals surface area contributed by atoms with Gasteiger partial charge < -0.3 is 4.18 Å². The Labute approximate surface area is 82.9 Å². The number of hydrogen-bond acceptors (Lipinski definition) is 4. The summed E-state index contributed by atoms with van der Waals surface area (Å²) < 4.78 is 27.1. The lowest BCUT2D eigenvalue weighted by Gasteiger charge is -2.03. The van der Waals surface area contributed by atoms with Gasteiger partial charge in [-0.1, -0.05) is 18.2 Å². The normalized spacial score (nSPS) is 10.5. The van der Waals surface area contributed by atoms with E-state index >= 15 is 0 Å². The Bertz CT molecular complexity index is 419. The Kier molecular flexibility index (Phi) is 3.48. The van der Waals surface area contributed by atoms with Crippen molar-refractivity contribution in [2.75, 3.05) is 5.75 Å². The lowest BCUT2D eigenvalue weighted by Crippen LogP contribution is -2.13. The van der Waals surface area contributed by atoms with E-state index in [2.05, 4.69) is 0 Å². The van der Waals surface area contributed by atoms with E-state index < -0.39 is 10.1 Å². The van der Waals surface area contributed by atoms with Gasteiger partial charge in [-0.05, 0) is 12.1 Å². The van der Waals surface area contributed by atoms with Crippen LogP contribution in [-0.4, -0.2) is 14.2 Å². The molecule has 5 heteroatoms. The maximum absolute atomic E-state index is 11.2. The van der Waals surface area contributed by atoms with Crippen molar-refractivity contribution >= 4 is 10.1 Å². The molecule has 0 amide bonds. The van der Waals surface area contributed by atoms with E-state index in [-0.39, 0.29) is 17.9 Å². The van der Waals surface area contributed by atoms with E-state index in [4.69, 9.17) is 9.44 Å². The first-order valence-electron chi connectivity index (χ1n) is 3.98. The van der Waals surface area contributed by atoms with Crippen molar-refractivity contribution in [3.8, 4) is 11.8 Å². The van der Waals surface area contributed by atoms with Gasteiger partial charge in [0.2, 0.25) is 0 Å². The van der Waals surface area contributed by atoms with Crippen molar-refractivity contribution in [3.63, 3.8) is 0 Å². The van der Waals surface area contributed by atoms with Crippen LogP contribution in [0.1, 0.15) is 6.42 Å². The van der Waals surface area contributed by atoms with Gasteiger partial charge in [0.05, 0.1) is 18.2 Å². The number of para-hydroxylation sites is 1. The molecule has 0 aliphatic rings. The monoisotopic (exact) mass is 211 g/mol. The molecule has 14 heavy (non-hydrogen) atoms. The molecule has 0 unspecified atom stereocenters. The smallest absolute Gasteiger partial charge is 0.310 e. The van der Waals surface area contributed by atoms with E-state index in [0.717, 1.165) is 0 Å². The molecule has 0 atom stereocenters. The molecule has 4 nitrogen and oxygen atoms in total. The van der Waals surface area contributed by atoms with Crippen LogP contribution in [0, 0.1) is 11.3 Å². The molecule has 0 heterocycles. The Morgan fingerprint density at radius 1 is 1.29 bits per heavy atom. The minimum atomic E-state index is -3.62. The largest absolute Gasteiger partial charge is 0.382 e. The number of rotatable bonds is 4. The third-order valence-corrected chi connectivity index (χ3v) is 2.58. The predicted octanol–water partition coefficient (Wildman–Crippen LogP) is 1.31. The zero-order valence-electron chi connectivity index (χ0n) is 7.38. The third-order valence-electron chi connectivity index (χ3n) is 1.43. The highest BCUT2D eigenvalue weighted by molar-refractivity contribution is 7.87. The van der Waals surface area contributed by atoms with E-state index in [0.29, 0.717) is 0 Å². The number of hydrogen-bond donors (Lipinski definition) is 0. The number of nitrogens with zero attached hydrogens (tertiary/aromatic N) is 1. The van der Waals surface area contributed by atoms with Crippen LogP contribution >= 0.6 is 0 Å². The average molecular weight is 211 g/mol. The second kappa shape index (κ2) is 4.63. The Hall–Kier alpha value is -1.54. The maximum atomic E-state index is 11.2. The molecule has 0 aliphatic carbocycles. The highest BCUT2D eigenvalue weighted by Gasteiger charge is 2.11. The molecule has 0 bridgehead atoms. The van der Waals surface area contributed by atoms with Gasteiger partial charge in [0.25, 0.3) is 0 Å². The molecule has 0 N–H and O–H groups in total. The third kappa shape index (κ3) is 3.46. The van der Waals surface area contributed by atoms with Gasteiger partial charge in [-0.15, -0.1) is 0 Å². The first kappa shape index (κ1) is 10.5.